The molecule has 2 aromatic heterocycles. The molecule has 5 nitrogen and oxygen atoms in total. The number of carbonyl (C=O) groups excluding carboxylic acids is 1. The van der Waals surface area contributed by atoms with E-state index in [0.29, 0.717) is 12.2 Å². The van der Waals surface area contributed by atoms with Crippen LogP contribution in [-0.2, 0) is 6.54 Å². The van der Waals surface area contributed by atoms with Crippen LogP contribution in [0.4, 0.5) is 0 Å². The van der Waals surface area contributed by atoms with Gasteiger partial charge in [0.2, 0.25) is 0 Å². The lowest BCUT2D eigenvalue weighted by Gasteiger charge is -2.25. The topological polar surface area (TPSA) is 59.0 Å². The Bertz CT molecular complexity index is 811. The van der Waals surface area contributed by atoms with Crippen molar-refractivity contribution in [3.8, 4) is 10.6 Å². The normalized spacial score (nSPS) is 16.9. The van der Waals surface area contributed by atoms with Crippen LogP contribution >= 0.6 is 11.3 Å². The van der Waals surface area contributed by atoms with Gasteiger partial charge in [-0.3, -0.25) is 10.1 Å². The lowest BCUT2D eigenvalue weighted by molar-refractivity contribution is 0.0900. The van der Waals surface area contributed by atoms with E-state index in [-0.39, 0.29) is 12.1 Å². The molecule has 3 heterocycles. The van der Waals surface area contributed by atoms with Gasteiger partial charge in [-0.1, -0.05) is 36.4 Å². The summed E-state index contributed by atoms with van der Waals surface area (Å²) in [5, 5.41) is 13.0. The molecular formula is C17H16N4OS. The molecule has 1 aliphatic rings. The van der Waals surface area contributed by atoms with Crippen molar-refractivity contribution < 1.29 is 4.79 Å². The number of hydrogen-bond acceptors (Lipinski definition) is 4. The summed E-state index contributed by atoms with van der Waals surface area (Å²) in [6.45, 7) is 1.26. The highest BCUT2D eigenvalue weighted by Crippen LogP contribution is 2.26. The van der Waals surface area contributed by atoms with Crippen molar-refractivity contribution in [1.29, 1.82) is 0 Å². The summed E-state index contributed by atoms with van der Waals surface area (Å²) in [5.74, 6) is -0.0712. The number of nitrogens with one attached hydrogen (secondary N) is 2. The highest BCUT2D eigenvalue weighted by Gasteiger charge is 2.27. The van der Waals surface area contributed by atoms with Crippen LogP contribution in [-0.4, -0.2) is 22.2 Å². The van der Waals surface area contributed by atoms with Crippen LogP contribution in [0.3, 0.4) is 0 Å². The molecule has 6 heteroatoms. The Labute approximate surface area is 138 Å². The number of aromatic nitrogens is 2. The van der Waals surface area contributed by atoms with Crippen LogP contribution in [0, 0.1) is 0 Å². The van der Waals surface area contributed by atoms with Crippen LogP contribution in [0.15, 0.2) is 53.9 Å². The van der Waals surface area contributed by atoms with Gasteiger partial charge in [-0.15, -0.1) is 11.3 Å². The standard InChI is InChI=1S/C17H16N4OS/c22-17-14-9-13(15-7-4-8-23-15)20-21(14)16(11-19-17)18-10-12-5-2-1-3-6-12/h1-9,16,18H,10-11H2,(H,19,22). The van der Waals surface area contributed by atoms with Gasteiger partial charge in [0.05, 0.1) is 11.4 Å². The predicted molar refractivity (Wildman–Crippen MR) is 90.2 cm³/mol. The molecule has 1 unspecified atom stereocenters. The first-order valence-electron chi connectivity index (χ1n) is 7.50. The molecule has 0 saturated carbocycles. The third kappa shape index (κ3) is 2.78. The van der Waals surface area contributed by atoms with Gasteiger partial charge in [0.15, 0.2) is 0 Å². The molecule has 0 spiro atoms. The van der Waals surface area contributed by atoms with Gasteiger partial charge in [0, 0.05) is 6.54 Å². The van der Waals surface area contributed by atoms with E-state index >= 15 is 0 Å². The van der Waals surface area contributed by atoms with E-state index in [1.807, 2.05) is 41.8 Å². The predicted octanol–water partition coefficient (Wildman–Crippen LogP) is 2.64. The second-order valence-corrected chi connectivity index (χ2v) is 6.38. The summed E-state index contributed by atoms with van der Waals surface area (Å²) in [6.07, 6.45) is -0.0448. The molecule has 2 N–H and O–H groups in total. The zero-order valence-corrected chi connectivity index (χ0v) is 13.2. The molecular weight excluding hydrogens is 308 g/mol. The molecule has 0 saturated heterocycles. The van der Waals surface area contributed by atoms with Crippen molar-refractivity contribution in [3.63, 3.8) is 0 Å². The molecule has 1 aromatic carbocycles. The van der Waals surface area contributed by atoms with Gasteiger partial charge in [0.25, 0.3) is 5.91 Å². The maximum absolute atomic E-state index is 12.1. The number of benzene rings is 1. The van der Waals surface area contributed by atoms with Gasteiger partial charge in [-0.05, 0) is 23.1 Å². The first-order chi connectivity index (χ1) is 11.3. The zero-order valence-electron chi connectivity index (χ0n) is 12.4. The zero-order chi connectivity index (χ0) is 15.6. The Kier molecular flexibility index (Phi) is 3.69. The molecule has 3 aromatic rings. The molecule has 1 amide bonds. The third-order valence-corrected chi connectivity index (χ3v) is 4.77. The highest BCUT2D eigenvalue weighted by atomic mass is 32.1. The second-order valence-electron chi connectivity index (χ2n) is 5.43. The molecule has 116 valence electrons. The fourth-order valence-corrected chi connectivity index (χ4v) is 3.38. The third-order valence-electron chi connectivity index (χ3n) is 3.88. The van der Waals surface area contributed by atoms with Crippen LogP contribution < -0.4 is 10.6 Å². The summed E-state index contributed by atoms with van der Waals surface area (Å²) in [5.41, 5.74) is 2.65. The second kappa shape index (κ2) is 5.98. The molecule has 0 fully saturated rings. The lowest BCUT2D eigenvalue weighted by Crippen LogP contribution is -2.45. The Hall–Kier alpha value is -2.44. The minimum Gasteiger partial charge on any atom is -0.347 e. The summed E-state index contributed by atoms with van der Waals surface area (Å²) < 4.78 is 1.80. The smallest absolute Gasteiger partial charge is 0.269 e. The van der Waals surface area contributed by atoms with E-state index < -0.39 is 0 Å². The number of rotatable bonds is 4. The first-order valence-corrected chi connectivity index (χ1v) is 8.38. The van der Waals surface area contributed by atoms with Crippen LogP contribution in [0.2, 0.25) is 0 Å². The number of carbonyl (C=O) groups is 1. The fourth-order valence-electron chi connectivity index (χ4n) is 2.70. The summed E-state index contributed by atoms with van der Waals surface area (Å²) in [4.78, 5) is 13.2. The maximum atomic E-state index is 12.1. The Balaban J connectivity index is 1.59. The molecule has 23 heavy (non-hydrogen) atoms. The van der Waals surface area contributed by atoms with Crippen molar-refractivity contribution in [2.75, 3.05) is 6.54 Å². The minimum atomic E-state index is -0.0712. The number of thiophene rings is 1. The first kappa shape index (κ1) is 14.2. The van der Waals surface area contributed by atoms with E-state index in [1.165, 1.54) is 5.56 Å². The molecule has 0 radical (unpaired) electrons. The van der Waals surface area contributed by atoms with Gasteiger partial charge in [-0.2, -0.15) is 5.10 Å². The van der Waals surface area contributed by atoms with Crippen molar-refractivity contribution in [2.45, 2.75) is 12.7 Å². The van der Waals surface area contributed by atoms with E-state index in [4.69, 9.17) is 0 Å². The largest absolute Gasteiger partial charge is 0.347 e. The quantitative estimate of drug-likeness (QED) is 0.776. The van der Waals surface area contributed by atoms with E-state index in [9.17, 15) is 4.79 Å². The number of fused-ring (bicyclic) bond motifs is 1. The van der Waals surface area contributed by atoms with Gasteiger partial charge >= 0.3 is 0 Å². The number of amides is 1. The highest BCUT2D eigenvalue weighted by molar-refractivity contribution is 7.13. The average molecular weight is 324 g/mol. The summed E-state index contributed by atoms with van der Waals surface area (Å²) in [6, 6.07) is 16.1. The minimum absolute atomic E-state index is 0.0448. The maximum Gasteiger partial charge on any atom is 0.269 e. The SMILES string of the molecule is O=C1NCC(NCc2ccccc2)n2nc(-c3cccs3)cc21. The summed E-state index contributed by atoms with van der Waals surface area (Å²) >= 11 is 1.62. The molecule has 0 aliphatic carbocycles. The molecule has 1 aliphatic heterocycles. The summed E-state index contributed by atoms with van der Waals surface area (Å²) in [7, 11) is 0. The Morgan fingerprint density at radius 1 is 1.26 bits per heavy atom. The van der Waals surface area contributed by atoms with E-state index in [1.54, 1.807) is 16.0 Å². The van der Waals surface area contributed by atoms with Crippen LogP contribution in [0.25, 0.3) is 10.6 Å². The number of hydrogen-bond donors (Lipinski definition) is 2. The van der Waals surface area contributed by atoms with Crippen molar-refractivity contribution >= 4 is 17.2 Å². The number of nitrogens with zero attached hydrogens (tertiary/aromatic N) is 2. The van der Waals surface area contributed by atoms with Gasteiger partial charge in [-0.25, -0.2) is 4.68 Å². The monoisotopic (exact) mass is 324 g/mol. The van der Waals surface area contributed by atoms with Crippen molar-refractivity contribution in [1.82, 2.24) is 20.4 Å². The molecule has 0 bridgehead atoms. The van der Waals surface area contributed by atoms with Gasteiger partial charge < -0.3 is 5.32 Å². The fraction of sp³-hybridized carbons (Fsp3) is 0.176. The van der Waals surface area contributed by atoms with Crippen molar-refractivity contribution in [2.24, 2.45) is 0 Å². The Morgan fingerprint density at radius 2 is 2.13 bits per heavy atom. The molecule has 4 rings (SSSR count). The lowest BCUT2D eigenvalue weighted by atomic mass is 10.2. The van der Waals surface area contributed by atoms with Crippen LogP contribution in [0.1, 0.15) is 22.2 Å². The van der Waals surface area contributed by atoms with Crippen LogP contribution in [0.5, 0.6) is 0 Å². The van der Waals surface area contributed by atoms with Crippen molar-refractivity contribution in [3.05, 3.63) is 65.2 Å². The molecule has 1 atom stereocenters. The van der Waals surface area contributed by atoms with E-state index in [0.717, 1.165) is 17.1 Å². The van der Waals surface area contributed by atoms with Gasteiger partial charge in [0.1, 0.15) is 17.6 Å². The average Bonchev–Trinajstić information content (AvgIpc) is 3.25. The Morgan fingerprint density at radius 3 is 2.91 bits per heavy atom. The van der Waals surface area contributed by atoms with E-state index in [2.05, 4.69) is 27.9 Å².